The van der Waals surface area contributed by atoms with Crippen LogP contribution in [0.15, 0.2) is 23.3 Å². The monoisotopic (exact) mass is 568 g/mol. The SMILES string of the molecule is C=C(CC(=O)CC(C)C(=O)O)[C@H]1CC(=O)[C@@]2(C)C3=C(C(=O)[C@@H](OC(C)=O)[C@]12C)[C@@]1(C)CCC(=O)C(C)(C)[C@@H]1CC3=O. The summed E-state index contributed by atoms with van der Waals surface area (Å²) in [5, 5.41) is 9.21. The molecule has 0 aromatic heterocycles. The molecule has 1 N–H and O–H groups in total. The van der Waals surface area contributed by atoms with Crippen LogP contribution in [0.5, 0.6) is 0 Å². The maximum atomic E-state index is 14.6. The van der Waals surface area contributed by atoms with Crippen LogP contribution in [0.4, 0.5) is 0 Å². The zero-order valence-electron chi connectivity index (χ0n) is 25.0. The van der Waals surface area contributed by atoms with E-state index in [-0.39, 0.29) is 66.4 Å². The van der Waals surface area contributed by atoms with Crippen molar-refractivity contribution in [2.24, 2.45) is 39.4 Å². The largest absolute Gasteiger partial charge is 0.481 e. The zero-order chi connectivity index (χ0) is 31.0. The number of fused-ring (bicyclic) bond motifs is 4. The second-order valence-electron chi connectivity index (χ2n) is 13.8. The molecule has 0 spiro atoms. The molecular weight excluding hydrogens is 528 g/mol. The summed E-state index contributed by atoms with van der Waals surface area (Å²) in [4.78, 5) is 92.1. The van der Waals surface area contributed by atoms with Crippen LogP contribution in [0, 0.1) is 39.4 Å². The number of aliphatic carboxylic acids is 1. The van der Waals surface area contributed by atoms with Gasteiger partial charge in [-0.15, -0.1) is 0 Å². The smallest absolute Gasteiger partial charge is 0.306 e. The van der Waals surface area contributed by atoms with Gasteiger partial charge in [0, 0.05) is 66.4 Å². The first-order chi connectivity index (χ1) is 18.8. The Balaban J connectivity index is 1.89. The maximum Gasteiger partial charge on any atom is 0.306 e. The number of carboxylic acid groups (broad SMARTS) is 1. The molecule has 4 rings (SSSR count). The van der Waals surface area contributed by atoms with Gasteiger partial charge in [0.05, 0.1) is 11.3 Å². The molecule has 0 radical (unpaired) electrons. The zero-order valence-corrected chi connectivity index (χ0v) is 25.0. The van der Waals surface area contributed by atoms with E-state index in [1.807, 2.05) is 6.92 Å². The van der Waals surface area contributed by atoms with Gasteiger partial charge in [-0.2, -0.15) is 0 Å². The fourth-order valence-corrected chi connectivity index (χ4v) is 8.58. The van der Waals surface area contributed by atoms with E-state index in [1.165, 1.54) is 13.8 Å². The summed E-state index contributed by atoms with van der Waals surface area (Å²) in [6.07, 6.45) is -1.42. The molecule has 1 unspecified atom stereocenters. The predicted molar refractivity (Wildman–Crippen MR) is 146 cm³/mol. The third-order valence-electron chi connectivity index (χ3n) is 11.2. The molecule has 0 aliphatic heterocycles. The quantitative estimate of drug-likeness (QED) is 0.355. The first kappa shape index (κ1) is 30.7. The lowest BCUT2D eigenvalue weighted by Crippen LogP contribution is -2.64. The van der Waals surface area contributed by atoms with Crippen LogP contribution in [0.2, 0.25) is 0 Å². The first-order valence-electron chi connectivity index (χ1n) is 14.2. The van der Waals surface area contributed by atoms with Crippen molar-refractivity contribution >= 4 is 40.9 Å². The van der Waals surface area contributed by atoms with Crippen molar-refractivity contribution in [1.82, 2.24) is 0 Å². The Hall–Kier alpha value is -3.23. The van der Waals surface area contributed by atoms with Gasteiger partial charge in [-0.1, -0.05) is 46.8 Å². The van der Waals surface area contributed by atoms with Crippen LogP contribution in [0.1, 0.15) is 87.0 Å². The summed E-state index contributed by atoms with van der Waals surface area (Å²) in [6.45, 7) is 15.4. The molecule has 0 bridgehead atoms. The van der Waals surface area contributed by atoms with Crippen molar-refractivity contribution in [2.45, 2.75) is 93.1 Å². The molecule has 0 saturated heterocycles. The van der Waals surface area contributed by atoms with Gasteiger partial charge >= 0.3 is 11.9 Å². The van der Waals surface area contributed by atoms with Crippen LogP contribution >= 0.6 is 0 Å². The van der Waals surface area contributed by atoms with E-state index in [9.17, 15) is 38.7 Å². The van der Waals surface area contributed by atoms with Gasteiger partial charge in [0.15, 0.2) is 11.9 Å². The Labute approximate surface area is 240 Å². The lowest BCUT2D eigenvalue weighted by molar-refractivity contribution is -0.172. The Morgan fingerprint density at radius 1 is 1.00 bits per heavy atom. The Kier molecular flexibility index (Phi) is 7.24. The average molecular weight is 569 g/mol. The summed E-state index contributed by atoms with van der Waals surface area (Å²) >= 11 is 0. The summed E-state index contributed by atoms with van der Waals surface area (Å²) in [5.41, 5.74) is -4.03. The van der Waals surface area contributed by atoms with Gasteiger partial charge in [0.25, 0.3) is 0 Å². The van der Waals surface area contributed by atoms with Crippen LogP contribution in [0.3, 0.4) is 0 Å². The number of ether oxygens (including phenoxy) is 1. The van der Waals surface area contributed by atoms with E-state index in [1.54, 1.807) is 27.7 Å². The number of carbonyl (C=O) groups excluding carboxylic acids is 6. The second kappa shape index (κ2) is 9.66. The van der Waals surface area contributed by atoms with Gasteiger partial charge in [-0.25, -0.2) is 0 Å². The molecule has 0 amide bonds. The van der Waals surface area contributed by atoms with Crippen molar-refractivity contribution in [3.8, 4) is 0 Å². The summed E-state index contributed by atoms with van der Waals surface area (Å²) in [5.74, 6) is -5.56. The molecule has 2 fully saturated rings. The fraction of sp³-hybridized carbons (Fsp3) is 0.656. The highest BCUT2D eigenvalue weighted by Gasteiger charge is 2.74. The topological polar surface area (TPSA) is 149 Å². The van der Waals surface area contributed by atoms with Gasteiger partial charge in [0.2, 0.25) is 5.78 Å². The van der Waals surface area contributed by atoms with E-state index in [0.29, 0.717) is 12.0 Å². The highest BCUT2D eigenvalue weighted by Crippen LogP contribution is 2.70. The van der Waals surface area contributed by atoms with E-state index in [4.69, 9.17) is 4.74 Å². The minimum Gasteiger partial charge on any atom is -0.481 e. The van der Waals surface area contributed by atoms with Crippen molar-refractivity contribution in [3.63, 3.8) is 0 Å². The Bertz CT molecular complexity index is 1350. The Morgan fingerprint density at radius 2 is 1.61 bits per heavy atom. The lowest BCUT2D eigenvalue weighted by atomic mass is 9.42. The number of hydrogen-bond donors (Lipinski definition) is 1. The number of hydrogen-bond acceptors (Lipinski definition) is 8. The number of carbonyl (C=O) groups is 7. The third-order valence-corrected chi connectivity index (χ3v) is 11.2. The summed E-state index contributed by atoms with van der Waals surface area (Å²) in [6, 6.07) is 0. The third kappa shape index (κ3) is 4.13. The number of allylic oxidation sites excluding steroid dienone is 2. The first-order valence-corrected chi connectivity index (χ1v) is 14.2. The second-order valence-corrected chi connectivity index (χ2v) is 13.8. The van der Waals surface area contributed by atoms with Crippen LogP contribution < -0.4 is 0 Å². The van der Waals surface area contributed by atoms with Crippen LogP contribution in [0.25, 0.3) is 0 Å². The van der Waals surface area contributed by atoms with Crippen LogP contribution in [-0.2, 0) is 38.3 Å². The molecule has 0 aromatic carbocycles. The van der Waals surface area contributed by atoms with Crippen molar-refractivity contribution < 1.29 is 43.4 Å². The normalized spacial score (nSPS) is 36.7. The summed E-state index contributed by atoms with van der Waals surface area (Å²) in [7, 11) is 0. The molecule has 4 aliphatic carbocycles. The molecule has 9 heteroatoms. The number of esters is 1. The van der Waals surface area contributed by atoms with Crippen LogP contribution in [-0.4, -0.2) is 52.1 Å². The highest BCUT2D eigenvalue weighted by molar-refractivity contribution is 6.18. The molecule has 7 atom stereocenters. The van der Waals surface area contributed by atoms with E-state index in [2.05, 4.69) is 6.58 Å². The highest BCUT2D eigenvalue weighted by atomic mass is 16.5. The number of rotatable bonds is 7. The average Bonchev–Trinajstić information content (AvgIpc) is 3.07. The molecule has 2 saturated carbocycles. The standard InChI is InChI=1S/C32H40O9/c1-15(11-18(34)12-16(2)28(39)40)19-13-23(37)32(8)24-20(35)14-21-29(4,5)22(36)9-10-30(21,6)25(24)26(38)27(31(19,32)7)41-17(3)33/h16,19,21,27H,1,9-14H2,2-8H3,(H,39,40)/t16?,19-,21+,27-,30+,31+,32+/m1/s1. The van der Waals surface area contributed by atoms with Crippen molar-refractivity contribution in [1.29, 1.82) is 0 Å². The molecule has 41 heavy (non-hydrogen) atoms. The molecule has 4 aliphatic rings. The van der Waals surface area contributed by atoms with Gasteiger partial charge in [-0.3, -0.25) is 33.6 Å². The molecule has 0 aromatic rings. The number of carboxylic acids is 1. The van der Waals surface area contributed by atoms with E-state index >= 15 is 0 Å². The minimum atomic E-state index is -1.52. The fourth-order valence-electron chi connectivity index (χ4n) is 8.58. The minimum absolute atomic E-state index is 0.00963. The van der Waals surface area contributed by atoms with E-state index in [0.717, 1.165) is 0 Å². The number of ketones is 5. The van der Waals surface area contributed by atoms with Crippen molar-refractivity contribution in [2.75, 3.05) is 0 Å². The Morgan fingerprint density at radius 3 is 2.17 bits per heavy atom. The maximum absolute atomic E-state index is 14.6. The van der Waals surface area contributed by atoms with Gasteiger partial charge in [0.1, 0.15) is 17.3 Å². The molecule has 222 valence electrons. The molecular formula is C32H40O9. The van der Waals surface area contributed by atoms with Gasteiger partial charge < -0.3 is 9.84 Å². The molecule has 9 nitrogen and oxygen atoms in total. The predicted octanol–water partition coefficient (Wildman–Crippen LogP) is 4.01. The summed E-state index contributed by atoms with van der Waals surface area (Å²) < 4.78 is 5.74. The van der Waals surface area contributed by atoms with Crippen molar-refractivity contribution in [3.05, 3.63) is 23.3 Å². The lowest BCUT2D eigenvalue weighted by Gasteiger charge is -2.59. The number of Topliss-reactive ketones (excluding diaryl/α,β-unsaturated/α-hetero) is 5. The molecule has 0 heterocycles. The van der Waals surface area contributed by atoms with Gasteiger partial charge in [-0.05, 0) is 25.2 Å². The van der Waals surface area contributed by atoms with E-state index < -0.39 is 63.2 Å².